The molecule has 0 saturated heterocycles. The summed E-state index contributed by atoms with van der Waals surface area (Å²) in [4.78, 5) is 0. The molecule has 10 atom stereocenters. The van der Waals surface area contributed by atoms with E-state index >= 15 is 0 Å². The van der Waals surface area contributed by atoms with Crippen molar-refractivity contribution in [1.82, 2.24) is 0 Å². The number of aliphatic hydroxyl groups excluding tert-OH is 3. The smallest absolute Gasteiger partial charge is 0.0959 e. The van der Waals surface area contributed by atoms with Gasteiger partial charge in [-0.1, -0.05) is 20.8 Å². The first-order valence-electron chi connectivity index (χ1n) is 10.8. The second-order valence-corrected chi connectivity index (χ2v) is 11.0. The Hall–Kier alpha value is -0.160. The molecule has 4 aliphatic rings. The van der Waals surface area contributed by atoms with Gasteiger partial charge in [-0.25, -0.2) is 0 Å². The normalized spacial score (nSPS) is 60.7. The minimum absolute atomic E-state index is 0.0431. The minimum Gasteiger partial charge on any atom is -0.393 e. The molecule has 26 heavy (non-hydrogen) atoms. The van der Waals surface area contributed by atoms with Crippen LogP contribution in [0.5, 0.6) is 0 Å². The first-order chi connectivity index (χ1) is 12.0. The van der Waals surface area contributed by atoms with Crippen LogP contribution in [0.15, 0.2) is 0 Å². The van der Waals surface area contributed by atoms with Crippen molar-refractivity contribution in [2.24, 2.45) is 34.0 Å². The molecule has 0 radical (unpaired) electrons. The Balaban J connectivity index is 1.72. The Morgan fingerprint density at radius 1 is 0.885 bits per heavy atom. The van der Waals surface area contributed by atoms with Crippen LogP contribution in [-0.2, 0) is 0 Å². The van der Waals surface area contributed by atoms with Gasteiger partial charge in [-0.15, -0.1) is 0 Å². The van der Waals surface area contributed by atoms with Crippen molar-refractivity contribution in [3.8, 4) is 0 Å². The lowest BCUT2D eigenvalue weighted by Crippen LogP contribution is -2.65. The van der Waals surface area contributed by atoms with Gasteiger partial charge in [0.15, 0.2) is 0 Å². The lowest BCUT2D eigenvalue weighted by Gasteiger charge is -2.66. The standard InChI is InChI=1S/C22H38O4/c1-13(23)22(26)10-7-16-15-6-8-19(2)11-14(24)5-9-20(19,3)18(15)17(25)12-21(16,22)4/h13-18,23-26H,5-12H2,1-4H3/t13-,14+,15-,16+,17-,18-,19+,20+,21-,22-/m0/s1. The van der Waals surface area contributed by atoms with E-state index in [1.165, 1.54) is 0 Å². The van der Waals surface area contributed by atoms with E-state index in [9.17, 15) is 20.4 Å². The van der Waals surface area contributed by atoms with E-state index in [0.29, 0.717) is 24.7 Å². The number of fused-ring (bicyclic) bond motifs is 5. The van der Waals surface area contributed by atoms with Crippen molar-refractivity contribution in [3.63, 3.8) is 0 Å². The maximum atomic E-state index is 11.4. The summed E-state index contributed by atoms with van der Waals surface area (Å²) in [7, 11) is 0. The largest absolute Gasteiger partial charge is 0.393 e. The first-order valence-corrected chi connectivity index (χ1v) is 10.8. The molecule has 0 aromatic heterocycles. The van der Waals surface area contributed by atoms with Crippen molar-refractivity contribution in [2.45, 2.75) is 103 Å². The van der Waals surface area contributed by atoms with Crippen molar-refractivity contribution in [3.05, 3.63) is 0 Å². The minimum atomic E-state index is -1.09. The van der Waals surface area contributed by atoms with Crippen LogP contribution >= 0.6 is 0 Å². The SMILES string of the molecule is C[C@H](O)[C@@]1(O)CC[C@@H]2[C@@H]3CC[C@]4(C)C[C@H](O)CC[C@]4(C)[C@@H]3[C@@H](O)C[C@@]21C. The third kappa shape index (κ3) is 2.16. The van der Waals surface area contributed by atoms with Crippen LogP contribution in [0.4, 0.5) is 0 Å². The zero-order chi connectivity index (χ0) is 19.1. The Labute approximate surface area is 158 Å². The molecule has 0 amide bonds. The Kier molecular flexibility index (Phi) is 4.19. The van der Waals surface area contributed by atoms with E-state index in [1.54, 1.807) is 6.92 Å². The topological polar surface area (TPSA) is 80.9 Å². The molecule has 0 bridgehead atoms. The van der Waals surface area contributed by atoms with Gasteiger partial charge in [0.1, 0.15) is 0 Å². The van der Waals surface area contributed by atoms with Crippen LogP contribution in [0.3, 0.4) is 0 Å². The van der Waals surface area contributed by atoms with Gasteiger partial charge in [0.05, 0.1) is 23.9 Å². The van der Waals surface area contributed by atoms with Gasteiger partial charge < -0.3 is 20.4 Å². The monoisotopic (exact) mass is 366 g/mol. The Morgan fingerprint density at radius 3 is 2.23 bits per heavy atom. The van der Waals surface area contributed by atoms with Gasteiger partial charge in [0.2, 0.25) is 0 Å². The molecule has 4 nitrogen and oxygen atoms in total. The van der Waals surface area contributed by atoms with Crippen LogP contribution in [0.25, 0.3) is 0 Å². The molecule has 4 aliphatic carbocycles. The second kappa shape index (κ2) is 5.68. The highest BCUT2D eigenvalue weighted by Gasteiger charge is 2.69. The highest BCUT2D eigenvalue weighted by atomic mass is 16.3. The summed E-state index contributed by atoms with van der Waals surface area (Å²) in [5.74, 6) is 1.01. The Bertz CT molecular complexity index is 578. The van der Waals surface area contributed by atoms with E-state index < -0.39 is 23.2 Å². The molecular weight excluding hydrogens is 328 g/mol. The molecule has 4 fully saturated rings. The fourth-order valence-corrected chi connectivity index (χ4v) is 8.44. The molecule has 0 aromatic rings. The van der Waals surface area contributed by atoms with Gasteiger partial charge in [-0.3, -0.25) is 0 Å². The van der Waals surface area contributed by atoms with Gasteiger partial charge in [0, 0.05) is 5.41 Å². The van der Waals surface area contributed by atoms with Crippen molar-refractivity contribution in [1.29, 1.82) is 0 Å². The number of hydrogen-bond acceptors (Lipinski definition) is 4. The van der Waals surface area contributed by atoms with E-state index in [4.69, 9.17) is 0 Å². The third-order valence-corrected chi connectivity index (χ3v) is 10.2. The lowest BCUT2D eigenvalue weighted by atomic mass is 9.39. The van der Waals surface area contributed by atoms with E-state index in [2.05, 4.69) is 20.8 Å². The summed E-state index contributed by atoms with van der Waals surface area (Å²) >= 11 is 0. The Morgan fingerprint density at radius 2 is 1.58 bits per heavy atom. The molecular formula is C22H38O4. The molecule has 4 heteroatoms. The van der Waals surface area contributed by atoms with E-state index in [1.807, 2.05) is 0 Å². The average Bonchev–Trinajstić information content (AvgIpc) is 2.81. The predicted octanol–water partition coefficient (Wildman–Crippen LogP) is 2.86. The van der Waals surface area contributed by atoms with Crippen LogP contribution in [0.1, 0.15) is 79.1 Å². The lowest BCUT2D eigenvalue weighted by molar-refractivity contribution is -0.235. The highest BCUT2D eigenvalue weighted by molar-refractivity contribution is 5.18. The van der Waals surface area contributed by atoms with Crippen molar-refractivity contribution in [2.75, 3.05) is 0 Å². The number of hydrogen-bond donors (Lipinski definition) is 4. The molecule has 4 saturated carbocycles. The van der Waals surface area contributed by atoms with Crippen LogP contribution in [0.2, 0.25) is 0 Å². The maximum absolute atomic E-state index is 11.4. The van der Waals surface area contributed by atoms with Crippen LogP contribution in [0, 0.1) is 34.0 Å². The molecule has 0 unspecified atom stereocenters. The molecule has 0 aromatic carbocycles. The van der Waals surface area contributed by atoms with Gasteiger partial charge in [-0.2, -0.15) is 0 Å². The van der Waals surface area contributed by atoms with Gasteiger partial charge in [0.25, 0.3) is 0 Å². The first kappa shape index (κ1) is 19.2. The number of rotatable bonds is 1. The van der Waals surface area contributed by atoms with Gasteiger partial charge in [-0.05, 0) is 86.9 Å². The summed E-state index contributed by atoms with van der Waals surface area (Å²) in [5, 5.41) is 43.3. The summed E-state index contributed by atoms with van der Waals surface area (Å²) in [5.41, 5.74) is -1.38. The second-order valence-electron chi connectivity index (χ2n) is 11.0. The van der Waals surface area contributed by atoms with Crippen LogP contribution < -0.4 is 0 Å². The molecule has 4 rings (SSSR count). The van der Waals surface area contributed by atoms with Crippen LogP contribution in [-0.4, -0.2) is 44.3 Å². The zero-order valence-electron chi connectivity index (χ0n) is 16.9. The summed E-state index contributed by atoms with van der Waals surface area (Å²) < 4.78 is 0. The molecule has 0 spiro atoms. The average molecular weight is 367 g/mol. The zero-order valence-corrected chi connectivity index (χ0v) is 16.9. The highest BCUT2D eigenvalue weighted by Crippen LogP contribution is 2.71. The third-order valence-electron chi connectivity index (χ3n) is 10.2. The molecule has 0 heterocycles. The summed E-state index contributed by atoms with van der Waals surface area (Å²) in [6.07, 6.45) is 5.56. The quantitative estimate of drug-likeness (QED) is 0.575. The predicted molar refractivity (Wildman–Crippen MR) is 100 cm³/mol. The fraction of sp³-hybridized carbons (Fsp3) is 1.00. The van der Waals surface area contributed by atoms with Gasteiger partial charge >= 0.3 is 0 Å². The summed E-state index contributed by atoms with van der Waals surface area (Å²) in [6, 6.07) is 0. The van der Waals surface area contributed by atoms with E-state index in [0.717, 1.165) is 38.5 Å². The maximum Gasteiger partial charge on any atom is 0.0959 e. The molecule has 0 aliphatic heterocycles. The van der Waals surface area contributed by atoms with E-state index in [-0.39, 0.29) is 22.9 Å². The van der Waals surface area contributed by atoms with Crippen molar-refractivity contribution >= 4 is 0 Å². The number of aliphatic hydroxyl groups is 4. The molecule has 150 valence electrons. The fourth-order valence-electron chi connectivity index (χ4n) is 8.44. The van der Waals surface area contributed by atoms with Crippen molar-refractivity contribution < 1.29 is 20.4 Å². The summed E-state index contributed by atoms with van der Waals surface area (Å²) in [6.45, 7) is 8.50. The molecule has 4 N–H and O–H groups in total.